The molecule has 2 aromatic rings. The molecule has 1 aliphatic carbocycles. The Labute approximate surface area is 182 Å². The predicted octanol–water partition coefficient (Wildman–Crippen LogP) is 3.77. The van der Waals surface area contributed by atoms with E-state index in [0.717, 1.165) is 29.7 Å². The van der Waals surface area contributed by atoms with E-state index in [1.165, 1.54) is 16.0 Å². The number of fused-ring (bicyclic) bond motifs is 1. The number of hydrogen-bond donors (Lipinski definition) is 1. The highest BCUT2D eigenvalue weighted by atomic mass is 32.1. The summed E-state index contributed by atoms with van der Waals surface area (Å²) in [5.41, 5.74) is 3.60. The molecule has 0 saturated carbocycles. The SMILES string of the molecule is CC(C)c1ccc(CNC(=O)[C@H]2CCc3sc(C(=O)N4CCOCC4)cc3C2)cc1. The summed E-state index contributed by atoms with van der Waals surface area (Å²) < 4.78 is 5.34. The summed E-state index contributed by atoms with van der Waals surface area (Å²) in [5.74, 6) is 0.702. The van der Waals surface area contributed by atoms with Crippen LogP contribution in [-0.2, 0) is 28.9 Å². The van der Waals surface area contributed by atoms with Crippen molar-refractivity contribution in [3.05, 3.63) is 56.8 Å². The van der Waals surface area contributed by atoms with Crippen molar-refractivity contribution in [2.45, 2.75) is 45.6 Å². The second-order valence-electron chi connectivity index (χ2n) is 8.52. The van der Waals surface area contributed by atoms with E-state index >= 15 is 0 Å². The van der Waals surface area contributed by atoms with E-state index in [4.69, 9.17) is 4.74 Å². The van der Waals surface area contributed by atoms with Crippen LogP contribution in [0.5, 0.6) is 0 Å². The molecule has 0 bridgehead atoms. The van der Waals surface area contributed by atoms with Crippen LogP contribution in [0.25, 0.3) is 0 Å². The van der Waals surface area contributed by atoms with E-state index < -0.39 is 0 Å². The minimum atomic E-state index is -0.0200. The van der Waals surface area contributed by atoms with Crippen molar-refractivity contribution in [3.8, 4) is 0 Å². The van der Waals surface area contributed by atoms with Crippen LogP contribution in [0.15, 0.2) is 30.3 Å². The van der Waals surface area contributed by atoms with Crippen LogP contribution in [-0.4, -0.2) is 43.0 Å². The van der Waals surface area contributed by atoms with Gasteiger partial charge < -0.3 is 15.0 Å². The predicted molar refractivity (Wildman–Crippen MR) is 119 cm³/mol. The highest BCUT2D eigenvalue weighted by molar-refractivity contribution is 7.14. The second-order valence-corrected chi connectivity index (χ2v) is 9.65. The molecule has 0 unspecified atom stereocenters. The van der Waals surface area contributed by atoms with E-state index in [1.807, 2.05) is 11.0 Å². The Morgan fingerprint density at radius 1 is 1.20 bits per heavy atom. The van der Waals surface area contributed by atoms with Gasteiger partial charge in [-0.15, -0.1) is 11.3 Å². The molecule has 4 rings (SSSR count). The molecule has 1 aromatic heterocycles. The first-order valence-electron chi connectivity index (χ1n) is 10.9. The fourth-order valence-corrected chi connectivity index (χ4v) is 5.31. The third-order valence-electron chi connectivity index (χ3n) is 6.08. The molecule has 6 heteroatoms. The van der Waals surface area contributed by atoms with E-state index in [-0.39, 0.29) is 17.7 Å². The Hall–Kier alpha value is -2.18. The van der Waals surface area contributed by atoms with Gasteiger partial charge in [-0.3, -0.25) is 9.59 Å². The Bertz CT molecular complexity index is 898. The highest BCUT2D eigenvalue weighted by Gasteiger charge is 2.28. The van der Waals surface area contributed by atoms with E-state index in [9.17, 15) is 9.59 Å². The normalized spacial score (nSPS) is 18.9. The summed E-state index contributed by atoms with van der Waals surface area (Å²) in [6.45, 7) is 7.45. The van der Waals surface area contributed by atoms with E-state index in [1.54, 1.807) is 11.3 Å². The number of carbonyl (C=O) groups is 2. The lowest BCUT2D eigenvalue weighted by Crippen LogP contribution is -2.40. The molecule has 1 saturated heterocycles. The van der Waals surface area contributed by atoms with Crippen LogP contribution < -0.4 is 5.32 Å². The maximum absolute atomic E-state index is 12.8. The largest absolute Gasteiger partial charge is 0.378 e. The second kappa shape index (κ2) is 9.31. The number of ether oxygens (including phenoxy) is 1. The molecule has 1 aliphatic heterocycles. The quantitative estimate of drug-likeness (QED) is 0.792. The smallest absolute Gasteiger partial charge is 0.264 e. The standard InChI is InChI=1S/C24H30N2O3S/c1-16(2)18-5-3-17(4-6-18)15-25-23(27)19-7-8-21-20(13-19)14-22(30-21)24(28)26-9-11-29-12-10-26/h3-6,14,16,19H,7-13,15H2,1-2H3,(H,25,27)/t19-/m0/s1. The maximum atomic E-state index is 12.8. The van der Waals surface area contributed by atoms with Crippen LogP contribution in [0, 0.1) is 5.92 Å². The van der Waals surface area contributed by atoms with Gasteiger partial charge in [0, 0.05) is 30.4 Å². The first kappa shape index (κ1) is 21.1. The Balaban J connectivity index is 1.33. The number of hydrogen-bond acceptors (Lipinski definition) is 4. The molecule has 2 amide bonds. The van der Waals surface area contributed by atoms with Crippen molar-refractivity contribution in [2.75, 3.05) is 26.3 Å². The number of rotatable bonds is 5. The number of benzene rings is 1. The first-order valence-corrected chi connectivity index (χ1v) is 11.7. The first-order chi connectivity index (χ1) is 14.5. The average Bonchev–Trinajstić information content (AvgIpc) is 3.21. The third kappa shape index (κ3) is 4.76. The third-order valence-corrected chi connectivity index (χ3v) is 7.30. The van der Waals surface area contributed by atoms with Crippen molar-refractivity contribution < 1.29 is 14.3 Å². The molecule has 1 aromatic carbocycles. The van der Waals surface area contributed by atoms with Crippen LogP contribution in [0.4, 0.5) is 0 Å². The lowest BCUT2D eigenvalue weighted by molar-refractivity contribution is -0.125. The van der Waals surface area contributed by atoms with Gasteiger partial charge in [0.2, 0.25) is 5.91 Å². The number of morpholine rings is 1. The Kier molecular flexibility index (Phi) is 6.54. The zero-order valence-electron chi connectivity index (χ0n) is 17.8. The summed E-state index contributed by atoms with van der Waals surface area (Å²) in [4.78, 5) is 29.4. The molecular formula is C24H30N2O3S. The summed E-state index contributed by atoms with van der Waals surface area (Å²) >= 11 is 1.60. The van der Waals surface area contributed by atoms with Crippen molar-refractivity contribution in [3.63, 3.8) is 0 Å². The number of nitrogens with one attached hydrogen (secondary N) is 1. The molecule has 2 aliphatic rings. The topological polar surface area (TPSA) is 58.6 Å². The minimum Gasteiger partial charge on any atom is -0.378 e. The number of aryl methyl sites for hydroxylation is 1. The molecular weight excluding hydrogens is 396 g/mol. The minimum absolute atomic E-state index is 0.0200. The zero-order valence-corrected chi connectivity index (χ0v) is 18.6. The Morgan fingerprint density at radius 3 is 2.63 bits per heavy atom. The molecule has 5 nitrogen and oxygen atoms in total. The molecule has 30 heavy (non-hydrogen) atoms. The van der Waals surface area contributed by atoms with Crippen molar-refractivity contribution in [1.82, 2.24) is 10.2 Å². The van der Waals surface area contributed by atoms with Crippen LogP contribution >= 0.6 is 11.3 Å². The van der Waals surface area contributed by atoms with Gasteiger partial charge in [0.25, 0.3) is 5.91 Å². The highest BCUT2D eigenvalue weighted by Crippen LogP contribution is 2.33. The van der Waals surface area contributed by atoms with Crippen molar-refractivity contribution in [1.29, 1.82) is 0 Å². The van der Waals surface area contributed by atoms with Gasteiger partial charge in [-0.05, 0) is 47.9 Å². The van der Waals surface area contributed by atoms with E-state index in [2.05, 4.69) is 43.4 Å². The van der Waals surface area contributed by atoms with Gasteiger partial charge in [0.1, 0.15) is 0 Å². The number of carbonyl (C=O) groups excluding carboxylic acids is 2. The van der Waals surface area contributed by atoms with Gasteiger partial charge >= 0.3 is 0 Å². The summed E-state index contributed by atoms with van der Waals surface area (Å²) in [5, 5.41) is 3.10. The van der Waals surface area contributed by atoms with Gasteiger partial charge in [0.05, 0.1) is 18.1 Å². The fraction of sp³-hybridized carbons (Fsp3) is 0.500. The molecule has 0 spiro atoms. The van der Waals surface area contributed by atoms with Gasteiger partial charge in [0.15, 0.2) is 0 Å². The summed E-state index contributed by atoms with van der Waals surface area (Å²) in [6.07, 6.45) is 2.44. The average molecular weight is 427 g/mol. The van der Waals surface area contributed by atoms with Crippen LogP contribution in [0.1, 0.15) is 57.4 Å². The number of nitrogens with zero attached hydrogens (tertiary/aromatic N) is 1. The molecule has 0 radical (unpaired) electrons. The number of thiophene rings is 1. The fourth-order valence-electron chi connectivity index (χ4n) is 4.13. The van der Waals surface area contributed by atoms with Crippen molar-refractivity contribution in [2.24, 2.45) is 5.92 Å². The van der Waals surface area contributed by atoms with Crippen LogP contribution in [0.2, 0.25) is 0 Å². The molecule has 1 N–H and O–H groups in total. The van der Waals surface area contributed by atoms with Gasteiger partial charge in [-0.2, -0.15) is 0 Å². The van der Waals surface area contributed by atoms with Gasteiger partial charge in [-0.1, -0.05) is 38.1 Å². The van der Waals surface area contributed by atoms with Gasteiger partial charge in [-0.25, -0.2) is 0 Å². The number of amides is 2. The van der Waals surface area contributed by atoms with Crippen LogP contribution in [0.3, 0.4) is 0 Å². The van der Waals surface area contributed by atoms with E-state index in [0.29, 0.717) is 38.8 Å². The maximum Gasteiger partial charge on any atom is 0.264 e. The lowest BCUT2D eigenvalue weighted by atomic mass is 9.87. The molecule has 2 heterocycles. The summed E-state index contributed by atoms with van der Waals surface area (Å²) in [6, 6.07) is 10.5. The monoisotopic (exact) mass is 426 g/mol. The molecule has 1 atom stereocenters. The zero-order chi connectivity index (χ0) is 21.1. The molecule has 1 fully saturated rings. The van der Waals surface area contributed by atoms with Crippen molar-refractivity contribution >= 4 is 23.2 Å². The summed E-state index contributed by atoms with van der Waals surface area (Å²) in [7, 11) is 0. The Morgan fingerprint density at radius 2 is 1.93 bits per heavy atom. The molecule has 160 valence electrons. The lowest BCUT2D eigenvalue weighted by Gasteiger charge is -2.26.